The summed E-state index contributed by atoms with van der Waals surface area (Å²) < 4.78 is 1.08. The average Bonchev–Trinajstić information content (AvgIpc) is 2.96. The second-order valence-electron chi connectivity index (χ2n) is 5.30. The van der Waals surface area contributed by atoms with Crippen molar-refractivity contribution in [3.63, 3.8) is 0 Å². The number of rotatable bonds is 3. The molecule has 2 fully saturated rings. The summed E-state index contributed by atoms with van der Waals surface area (Å²) in [5, 5.41) is 11.1. The largest absolute Gasteiger partial charge is 0.481 e. The van der Waals surface area contributed by atoms with Crippen molar-refractivity contribution in [3.8, 4) is 0 Å². The lowest BCUT2D eigenvalue weighted by molar-refractivity contribution is -0.142. The summed E-state index contributed by atoms with van der Waals surface area (Å²) in [6, 6.07) is 1.87. The molecule has 1 aliphatic carbocycles. The molecular formula is C13H14INO3S. The maximum atomic E-state index is 12.4. The number of likely N-dealkylation sites (tertiary alicyclic amines) is 1. The smallest absolute Gasteiger partial charge is 0.308 e. The van der Waals surface area contributed by atoms with E-state index in [9.17, 15) is 14.7 Å². The molecule has 0 aromatic carbocycles. The Balaban J connectivity index is 1.75. The van der Waals surface area contributed by atoms with Gasteiger partial charge in [0.05, 0.1) is 14.4 Å². The average molecular weight is 391 g/mol. The molecule has 1 N–H and O–H groups in total. The number of nitrogens with zero attached hydrogens (tertiary/aromatic N) is 1. The molecule has 19 heavy (non-hydrogen) atoms. The minimum absolute atomic E-state index is 0.0198. The molecule has 1 aromatic heterocycles. The number of carboxylic acid groups (broad SMARTS) is 1. The molecule has 1 aromatic rings. The van der Waals surface area contributed by atoms with Gasteiger partial charge in [-0.25, -0.2) is 0 Å². The first-order valence-corrected chi connectivity index (χ1v) is 8.28. The zero-order chi connectivity index (χ0) is 13.6. The zero-order valence-electron chi connectivity index (χ0n) is 10.2. The molecule has 0 unspecified atom stereocenters. The van der Waals surface area contributed by atoms with Gasteiger partial charge in [0, 0.05) is 18.5 Å². The van der Waals surface area contributed by atoms with Crippen LogP contribution in [-0.4, -0.2) is 35.0 Å². The van der Waals surface area contributed by atoms with Crippen molar-refractivity contribution < 1.29 is 14.7 Å². The van der Waals surface area contributed by atoms with Crippen molar-refractivity contribution in [3.05, 3.63) is 19.9 Å². The van der Waals surface area contributed by atoms with E-state index in [1.807, 2.05) is 11.4 Å². The van der Waals surface area contributed by atoms with Crippen molar-refractivity contribution in [1.29, 1.82) is 0 Å². The van der Waals surface area contributed by atoms with E-state index >= 15 is 0 Å². The monoisotopic (exact) mass is 391 g/mol. The van der Waals surface area contributed by atoms with E-state index in [2.05, 4.69) is 22.6 Å². The van der Waals surface area contributed by atoms with Gasteiger partial charge >= 0.3 is 5.97 Å². The Bertz CT molecular complexity index is 526. The van der Waals surface area contributed by atoms with Crippen molar-refractivity contribution >= 4 is 45.8 Å². The van der Waals surface area contributed by atoms with E-state index in [-0.39, 0.29) is 17.7 Å². The van der Waals surface area contributed by atoms with Gasteiger partial charge in [-0.2, -0.15) is 0 Å². The summed E-state index contributed by atoms with van der Waals surface area (Å²) in [6.07, 6.45) is 2.24. The number of carbonyl (C=O) groups excluding carboxylic acids is 1. The van der Waals surface area contributed by atoms with Crippen LogP contribution in [0.3, 0.4) is 0 Å². The highest BCUT2D eigenvalue weighted by molar-refractivity contribution is 14.1. The third kappa shape index (κ3) is 2.65. The number of halogens is 1. The Morgan fingerprint density at radius 3 is 2.63 bits per heavy atom. The quantitative estimate of drug-likeness (QED) is 0.806. The topological polar surface area (TPSA) is 57.6 Å². The van der Waals surface area contributed by atoms with Gasteiger partial charge in [0.25, 0.3) is 5.91 Å². The second kappa shape index (κ2) is 5.05. The van der Waals surface area contributed by atoms with E-state index < -0.39 is 5.97 Å². The first-order valence-electron chi connectivity index (χ1n) is 6.32. The van der Waals surface area contributed by atoms with Crippen LogP contribution in [0.1, 0.15) is 23.2 Å². The minimum Gasteiger partial charge on any atom is -0.481 e. The molecule has 2 heterocycles. The lowest BCUT2D eigenvalue weighted by Gasteiger charge is -2.15. The van der Waals surface area contributed by atoms with Gasteiger partial charge in [-0.3, -0.25) is 9.59 Å². The van der Waals surface area contributed by atoms with Crippen molar-refractivity contribution in [2.24, 2.45) is 17.8 Å². The lowest BCUT2D eigenvalue weighted by atomic mass is 9.92. The van der Waals surface area contributed by atoms with Gasteiger partial charge in [0.15, 0.2) is 0 Å². The fraction of sp³-hybridized carbons (Fsp3) is 0.538. The number of aliphatic carboxylic acids is 1. The molecule has 0 spiro atoms. The molecule has 3 rings (SSSR count). The highest BCUT2D eigenvalue weighted by Gasteiger charge is 2.46. The molecule has 2 atom stereocenters. The maximum absolute atomic E-state index is 12.4. The molecule has 1 amide bonds. The number of carboxylic acids is 1. The van der Waals surface area contributed by atoms with Gasteiger partial charge in [-0.1, -0.05) is 0 Å². The number of hydrogen-bond acceptors (Lipinski definition) is 3. The molecule has 0 bridgehead atoms. The van der Waals surface area contributed by atoms with Crippen LogP contribution in [0.4, 0.5) is 0 Å². The third-order valence-electron chi connectivity index (χ3n) is 4.01. The Hall–Kier alpha value is -0.630. The highest BCUT2D eigenvalue weighted by Crippen LogP contribution is 2.44. The van der Waals surface area contributed by atoms with Gasteiger partial charge in [0.1, 0.15) is 0 Å². The first kappa shape index (κ1) is 13.4. The minimum atomic E-state index is -0.757. The van der Waals surface area contributed by atoms with Crippen LogP contribution in [0, 0.1) is 20.6 Å². The summed E-state index contributed by atoms with van der Waals surface area (Å²) in [4.78, 5) is 25.4. The molecule has 2 aliphatic rings. The Labute approximate surface area is 128 Å². The van der Waals surface area contributed by atoms with Crippen LogP contribution >= 0.6 is 33.9 Å². The molecule has 4 nitrogen and oxygen atoms in total. The van der Waals surface area contributed by atoms with Crippen LogP contribution in [-0.2, 0) is 4.79 Å². The number of hydrogen-bond donors (Lipinski definition) is 1. The third-order valence-corrected chi connectivity index (χ3v) is 5.80. The number of thiophene rings is 1. The predicted octanol–water partition coefficient (Wildman–Crippen LogP) is 2.54. The Morgan fingerprint density at radius 1 is 1.37 bits per heavy atom. The molecule has 6 heteroatoms. The van der Waals surface area contributed by atoms with Crippen molar-refractivity contribution in [2.75, 3.05) is 13.1 Å². The molecule has 102 valence electrons. The van der Waals surface area contributed by atoms with Crippen LogP contribution < -0.4 is 0 Å². The molecular weight excluding hydrogens is 377 g/mol. The van der Waals surface area contributed by atoms with Gasteiger partial charge in [-0.05, 0) is 53.3 Å². The van der Waals surface area contributed by atoms with Crippen molar-refractivity contribution in [1.82, 2.24) is 4.90 Å². The molecule has 0 radical (unpaired) electrons. The fourth-order valence-corrected chi connectivity index (χ4v) is 4.18. The molecule has 1 saturated heterocycles. The summed E-state index contributed by atoms with van der Waals surface area (Å²) in [7, 11) is 0. The summed E-state index contributed by atoms with van der Waals surface area (Å²) in [5.41, 5.74) is 0.690. The molecule has 1 aliphatic heterocycles. The number of carbonyl (C=O) groups is 2. The van der Waals surface area contributed by atoms with E-state index in [1.165, 1.54) is 0 Å². The maximum Gasteiger partial charge on any atom is 0.308 e. The zero-order valence-corrected chi connectivity index (χ0v) is 13.2. The van der Waals surface area contributed by atoms with Crippen LogP contribution in [0.25, 0.3) is 0 Å². The summed E-state index contributed by atoms with van der Waals surface area (Å²) >= 11 is 3.73. The molecule has 1 saturated carbocycles. The van der Waals surface area contributed by atoms with Gasteiger partial charge in [0.2, 0.25) is 0 Å². The normalized spacial score (nSPS) is 26.7. The van der Waals surface area contributed by atoms with Gasteiger partial charge in [-0.15, -0.1) is 11.3 Å². The van der Waals surface area contributed by atoms with Crippen LogP contribution in [0.5, 0.6) is 0 Å². The predicted molar refractivity (Wildman–Crippen MR) is 80.3 cm³/mol. The standard InChI is InChI=1S/C13H14INO3S/c14-11-3-8(6-19-11)12(16)15-4-9(7-1-2-7)10(5-15)13(17)18/h3,6-7,9-10H,1-2,4-5H2,(H,17,18)/t9-,10+/m1/s1. The first-order chi connectivity index (χ1) is 9.06. The van der Waals surface area contributed by atoms with E-state index in [0.29, 0.717) is 24.6 Å². The van der Waals surface area contributed by atoms with E-state index in [4.69, 9.17) is 0 Å². The Kier molecular flexibility index (Phi) is 3.55. The highest BCUT2D eigenvalue weighted by atomic mass is 127. The van der Waals surface area contributed by atoms with Gasteiger partial charge < -0.3 is 10.0 Å². The van der Waals surface area contributed by atoms with Crippen LogP contribution in [0.15, 0.2) is 11.4 Å². The van der Waals surface area contributed by atoms with Crippen LogP contribution in [0.2, 0.25) is 0 Å². The summed E-state index contributed by atoms with van der Waals surface area (Å²) in [5.74, 6) is -0.490. The van der Waals surface area contributed by atoms with E-state index in [0.717, 1.165) is 15.7 Å². The fourth-order valence-electron chi connectivity index (χ4n) is 2.86. The Morgan fingerprint density at radius 2 is 2.11 bits per heavy atom. The lowest BCUT2D eigenvalue weighted by Crippen LogP contribution is -2.29. The second-order valence-corrected chi connectivity index (χ2v) is 8.10. The van der Waals surface area contributed by atoms with Crippen molar-refractivity contribution in [2.45, 2.75) is 12.8 Å². The van der Waals surface area contributed by atoms with E-state index in [1.54, 1.807) is 16.2 Å². The number of amides is 1. The SMILES string of the molecule is O=C(O)[C@H]1CN(C(=O)c2csc(I)c2)C[C@@H]1C1CC1. The summed E-state index contributed by atoms with van der Waals surface area (Å²) in [6.45, 7) is 0.967.